The Bertz CT molecular complexity index is 424. The second-order valence-electron chi connectivity index (χ2n) is 5.92. The SMILES string of the molecule is Cc1nn(CC2CC3CCC2C3)c(C)c1CO. The third kappa shape index (κ3) is 1.81. The first-order valence-electron chi connectivity index (χ1n) is 6.82. The normalized spacial score (nSPS) is 31.4. The van der Waals surface area contributed by atoms with Crippen molar-refractivity contribution in [3.63, 3.8) is 0 Å². The molecule has 2 saturated carbocycles. The van der Waals surface area contributed by atoms with Gasteiger partial charge in [-0.15, -0.1) is 0 Å². The van der Waals surface area contributed by atoms with E-state index in [0.29, 0.717) is 0 Å². The van der Waals surface area contributed by atoms with E-state index in [2.05, 4.69) is 16.7 Å². The van der Waals surface area contributed by atoms with Crippen LogP contribution >= 0.6 is 0 Å². The van der Waals surface area contributed by atoms with Gasteiger partial charge < -0.3 is 5.11 Å². The van der Waals surface area contributed by atoms with E-state index < -0.39 is 0 Å². The van der Waals surface area contributed by atoms with E-state index in [1.54, 1.807) is 0 Å². The molecule has 3 unspecified atom stereocenters. The Balaban J connectivity index is 1.77. The first kappa shape index (κ1) is 11.3. The molecule has 2 aliphatic rings. The van der Waals surface area contributed by atoms with E-state index in [-0.39, 0.29) is 6.61 Å². The van der Waals surface area contributed by atoms with E-state index >= 15 is 0 Å². The van der Waals surface area contributed by atoms with E-state index in [1.165, 1.54) is 25.7 Å². The van der Waals surface area contributed by atoms with Crippen molar-refractivity contribution in [3.8, 4) is 0 Å². The number of aromatic nitrogens is 2. The molecule has 0 aromatic carbocycles. The summed E-state index contributed by atoms with van der Waals surface area (Å²) in [5, 5.41) is 13.9. The molecule has 3 heteroatoms. The number of nitrogens with zero attached hydrogens (tertiary/aromatic N) is 2. The van der Waals surface area contributed by atoms with Crippen LogP contribution in [0, 0.1) is 31.6 Å². The van der Waals surface area contributed by atoms with Gasteiger partial charge in [0.05, 0.1) is 12.3 Å². The molecule has 2 aliphatic carbocycles. The Morgan fingerprint density at radius 1 is 1.29 bits per heavy atom. The van der Waals surface area contributed by atoms with Gasteiger partial charge in [0.15, 0.2) is 0 Å². The number of hydrogen-bond acceptors (Lipinski definition) is 2. The summed E-state index contributed by atoms with van der Waals surface area (Å²) in [6.45, 7) is 5.26. The molecule has 0 saturated heterocycles. The molecular formula is C14H22N2O. The summed E-state index contributed by atoms with van der Waals surface area (Å²) in [7, 11) is 0. The Hall–Kier alpha value is -0.830. The molecule has 3 nitrogen and oxygen atoms in total. The standard InChI is InChI=1S/C14H22N2O/c1-9-14(8-17)10(2)16(15-9)7-13-6-11-3-4-12(13)5-11/h11-13,17H,3-8H2,1-2H3. The minimum atomic E-state index is 0.119. The molecule has 1 N–H and O–H groups in total. The molecule has 0 radical (unpaired) electrons. The average Bonchev–Trinajstić information content (AvgIpc) is 2.96. The van der Waals surface area contributed by atoms with Crippen LogP contribution in [-0.2, 0) is 13.2 Å². The number of aliphatic hydroxyl groups is 1. The van der Waals surface area contributed by atoms with E-state index in [0.717, 1.165) is 41.2 Å². The highest BCUT2D eigenvalue weighted by atomic mass is 16.3. The summed E-state index contributed by atoms with van der Waals surface area (Å²) >= 11 is 0. The van der Waals surface area contributed by atoms with Crippen LogP contribution < -0.4 is 0 Å². The van der Waals surface area contributed by atoms with Gasteiger partial charge in [-0.3, -0.25) is 4.68 Å². The van der Waals surface area contributed by atoms with Gasteiger partial charge in [0.25, 0.3) is 0 Å². The number of aliphatic hydroxyl groups excluding tert-OH is 1. The van der Waals surface area contributed by atoms with Gasteiger partial charge in [-0.05, 0) is 50.9 Å². The quantitative estimate of drug-likeness (QED) is 0.872. The molecule has 2 fully saturated rings. The maximum absolute atomic E-state index is 9.33. The van der Waals surface area contributed by atoms with Crippen molar-refractivity contribution in [1.29, 1.82) is 0 Å². The highest BCUT2D eigenvalue weighted by Gasteiger charge is 2.39. The van der Waals surface area contributed by atoms with Crippen molar-refractivity contribution < 1.29 is 5.11 Å². The molecular weight excluding hydrogens is 212 g/mol. The number of aryl methyl sites for hydroxylation is 1. The maximum atomic E-state index is 9.33. The lowest BCUT2D eigenvalue weighted by Gasteiger charge is -2.22. The third-order valence-electron chi connectivity index (χ3n) is 4.98. The monoisotopic (exact) mass is 234 g/mol. The molecule has 2 bridgehead atoms. The molecule has 1 aromatic heterocycles. The Morgan fingerprint density at radius 2 is 2.12 bits per heavy atom. The Kier molecular flexibility index (Phi) is 2.74. The highest BCUT2D eigenvalue weighted by molar-refractivity contribution is 5.23. The van der Waals surface area contributed by atoms with Crippen molar-refractivity contribution in [2.75, 3.05) is 0 Å². The molecule has 1 aromatic rings. The second-order valence-corrected chi connectivity index (χ2v) is 5.92. The molecule has 94 valence electrons. The summed E-state index contributed by atoms with van der Waals surface area (Å²) < 4.78 is 2.13. The van der Waals surface area contributed by atoms with E-state index in [4.69, 9.17) is 0 Å². The maximum Gasteiger partial charge on any atom is 0.0718 e. The molecule has 3 atom stereocenters. The number of rotatable bonds is 3. The van der Waals surface area contributed by atoms with Gasteiger partial charge >= 0.3 is 0 Å². The fraction of sp³-hybridized carbons (Fsp3) is 0.786. The van der Waals surface area contributed by atoms with Crippen LogP contribution in [0.3, 0.4) is 0 Å². The van der Waals surface area contributed by atoms with Crippen LogP contribution in [0.2, 0.25) is 0 Å². The number of fused-ring (bicyclic) bond motifs is 2. The first-order valence-corrected chi connectivity index (χ1v) is 6.82. The molecule has 0 aliphatic heterocycles. The molecule has 0 spiro atoms. The minimum absolute atomic E-state index is 0.119. The minimum Gasteiger partial charge on any atom is -0.392 e. The molecule has 0 amide bonds. The lowest BCUT2D eigenvalue weighted by atomic mass is 9.89. The van der Waals surface area contributed by atoms with Gasteiger partial charge in [0.1, 0.15) is 0 Å². The molecule has 3 rings (SSSR count). The predicted molar refractivity (Wildman–Crippen MR) is 66.6 cm³/mol. The van der Waals surface area contributed by atoms with Crippen LogP contribution in [0.5, 0.6) is 0 Å². The van der Waals surface area contributed by atoms with Crippen LogP contribution in [0.25, 0.3) is 0 Å². The van der Waals surface area contributed by atoms with Crippen molar-refractivity contribution in [2.24, 2.45) is 17.8 Å². The largest absolute Gasteiger partial charge is 0.392 e. The zero-order chi connectivity index (χ0) is 12.0. The van der Waals surface area contributed by atoms with Gasteiger partial charge in [0, 0.05) is 17.8 Å². The van der Waals surface area contributed by atoms with Gasteiger partial charge in [-0.25, -0.2) is 0 Å². The predicted octanol–water partition coefficient (Wildman–Crippen LogP) is 2.43. The summed E-state index contributed by atoms with van der Waals surface area (Å²) in [5.74, 6) is 2.78. The van der Waals surface area contributed by atoms with Crippen molar-refractivity contribution in [1.82, 2.24) is 9.78 Å². The Labute approximate surface area is 103 Å². The van der Waals surface area contributed by atoms with Crippen molar-refractivity contribution >= 4 is 0 Å². The Morgan fingerprint density at radius 3 is 2.65 bits per heavy atom. The topological polar surface area (TPSA) is 38.0 Å². The van der Waals surface area contributed by atoms with Crippen LogP contribution in [0.4, 0.5) is 0 Å². The highest BCUT2D eigenvalue weighted by Crippen LogP contribution is 2.48. The van der Waals surface area contributed by atoms with Gasteiger partial charge in [0.2, 0.25) is 0 Å². The molecule has 17 heavy (non-hydrogen) atoms. The van der Waals surface area contributed by atoms with Gasteiger partial charge in [-0.2, -0.15) is 5.10 Å². The summed E-state index contributed by atoms with van der Waals surface area (Å²) in [5.41, 5.74) is 3.18. The lowest BCUT2D eigenvalue weighted by Crippen LogP contribution is -2.19. The van der Waals surface area contributed by atoms with E-state index in [1.807, 2.05) is 6.92 Å². The second kappa shape index (κ2) is 4.13. The fourth-order valence-corrected chi connectivity index (χ4v) is 3.96. The molecule has 1 heterocycles. The summed E-state index contributed by atoms with van der Waals surface area (Å²) in [6, 6.07) is 0. The van der Waals surface area contributed by atoms with Crippen molar-refractivity contribution in [2.45, 2.75) is 52.7 Å². The summed E-state index contributed by atoms with van der Waals surface area (Å²) in [4.78, 5) is 0. The zero-order valence-electron chi connectivity index (χ0n) is 10.8. The third-order valence-corrected chi connectivity index (χ3v) is 4.98. The lowest BCUT2D eigenvalue weighted by molar-refractivity contribution is 0.275. The summed E-state index contributed by atoms with van der Waals surface area (Å²) in [6.07, 6.45) is 5.75. The van der Waals surface area contributed by atoms with E-state index in [9.17, 15) is 5.11 Å². The van der Waals surface area contributed by atoms with Crippen molar-refractivity contribution in [3.05, 3.63) is 17.0 Å². The van der Waals surface area contributed by atoms with Crippen LogP contribution in [0.1, 0.15) is 42.6 Å². The average molecular weight is 234 g/mol. The first-order chi connectivity index (χ1) is 8.19. The van der Waals surface area contributed by atoms with Crippen LogP contribution in [0.15, 0.2) is 0 Å². The zero-order valence-corrected chi connectivity index (χ0v) is 10.8. The van der Waals surface area contributed by atoms with Gasteiger partial charge in [-0.1, -0.05) is 6.42 Å². The number of hydrogen-bond donors (Lipinski definition) is 1. The smallest absolute Gasteiger partial charge is 0.0718 e. The van der Waals surface area contributed by atoms with Crippen LogP contribution in [-0.4, -0.2) is 14.9 Å². The fourth-order valence-electron chi connectivity index (χ4n) is 3.96.